The topological polar surface area (TPSA) is 12.0 Å². The Morgan fingerprint density at radius 3 is 2.53 bits per heavy atom. The summed E-state index contributed by atoms with van der Waals surface area (Å²) in [5, 5.41) is 3.83. The summed E-state index contributed by atoms with van der Waals surface area (Å²) >= 11 is 0. The van der Waals surface area contributed by atoms with E-state index in [1.54, 1.807) is 0 Å². The van der Waals surface area contributed by atoms with Crippen molar-refractivity contribution in [3.05, 3.63) is 0 Å². The van der Waals surface area contributed by atoms with Crippen molar-refractivity contribution in [1.29, 1.82) is 0 Å². The molecule has 0 radical (unpaired) electrons. The van der Waals surface area contributed by atoms with Gasteiger partial charge in [0.05, 0.1) is 0 Å². The van der Waals surface area contributed by atoms with Crippen LogP contribution in [-0.4, -0.2) is 12.6 Å². The first kappa shape index (κ1) is 11.4. The molecule has 0 aromatic carbocycles. The Bertz CT molecular complexity index is 209. The van der Waals surface area contributed by atoms with Gasteiger partial charge in [-0.3, -0.25) is 0 Å². The number of hydrogen-bond acceptors (Lipinski definition) is 1. The molecule has 2 aliphatic rings. The third kappa shape index (κ3) is 2.75. The number of nitrogens with one attached hydrogen (secondary N) is 1. The summed E-state index contributed by atoms with van der Waals surface area (Å²) in [5.74, 6) is 1.95. The SMILES string of the molecule is CC1CCC(CNC2CCCC2(C)C)C1. The van der Waals surface area contributed by atoms with Gasteiger partial charge in [-0.15, -0.1) is 0 Å². The molecule has 1 N–H and O–H groups in total. The molecule has 0 aromatic rings. The Labute approximate surface area is 95.0 Å². The lowest BCUT2D eigenvalue weighted by atomic mass is 9.87. The van der Waals surface area contributed by atoms with E-state index in [0.29, 0.717) is 5.41 Å². The van der Waals surface area contributed by atoms with E-state index in [4.69, 9.17) is 0 Å². The molecule has 3 unspecified atom stereocenters. The highest BCUT2D eigenvalue weighted by Crippen LogP contribution is 2.38. The van der Waals surface area contributed by atoms with Gasteiger partial charge in [-0.2, -0.15) is 0 Å². The highest BCUT2D eigenvalue weighted by molar-refractivity contribution is 4.90. The zero-order valence-electron chi connectivity index (χ0n) is 10.7. The van der Waals surface area contributed by atoms with Crippen LogP contribution in [0.1, 0.15) is 59.3 Å². The van der Waals surface area contributed by atoms with Crippen molar-refractivity contribution in [3.8, 4) is 0 Å². The third-order valence-corrected chi connectivity index (χ3v) is 4.71. The van der Waals surface area contributed by atoms with Gasteiger partial charge in [0.25, 0.3) is 0 Å². The van der Waals surface area contributed by atoms with E-state index in [2.05, 4.69) is 26.1 Å². The molecule has 2 aliphatic carbocycles. The fraction of sp³-hybridized carbons (Fsp3) is 1.00. The Morgan fingerprint density at radius 2 is 2.00 bits per heavy atom. The highest BCUT2D eigenvalue weighted by atomic mass is 14.9. The van der Waals surface area contributed by atoms with Gasteiger partial charge in [-0.1, -0.05) is 33.6 Å². The average molecular weight is 209 g/mol. The van der Waals surface area contributed by atoms with Gasteiger partial charge in [0, 0.05) is 6.04 Å². The van der Waals surface area contributed by atoms with Gasteiger partial charge >= 0.3 is 0 Å². The minimum Gasteiger partial charge on any atom is -0.313 e. The van der Waals surface area contributed by atoms with Crippen LogP contribution in [0.4, 0.5) is 0 Å². The predicted octanol–water partition coefficient (Wildman–Crippen LogP) is 3.59. The largest absolute Gasteiger partial charge is 0.313 e. The number of rotatable bonds is 3. The summed E-state index contributed by atoms with van der Waals surface area (Å²) in [6.45, 7) is 8.53. The lowest BCUT2D eigenvalue weighted by molar-refractivity contribution is 0.270. The predicted molar refractivity (Wildman–Crippen MR) is 65.9 cm³/mol. The second kappa shape index (κ2) is 4.45. The summed E-state index contributed by atoms with van der Waals surface area (Å²) in [6.07, 6.45) is 8.61. The molecule has 0 bridgehead atoms. The lowest BCUT2D eigenvalue weighted by Gasteiger charge is -2.29. The van der Waals surface area contributed by atoms with E-state index < -0.39 is 0 Å². The second-order valence-electron chi connectivity index (χ2n) is 6.63. The van der Waals surface area contributed by atoms with Crippen LogP contribution >= 0.6 is 0 Å². The first-order valence-corrected chi connectivity index (χ1v) is 6.81. The average Bonchev–Trinajstić information content (AvgIpc) is 2.69. The molecule has 0 aromatic heterocycles. The molecule has 88 valence electrons. The fourth-order valence-corrected chi connectivity index (χ4v) is 3.52. The van der Waals surface area contributed by atoms with Crippen molar-refractivity contribution >= 4 is 0 Å². The molecule has 1 nitrogen and oxygen atoms in total. The van der Waals surface area contributed by atoms with Crippen molar-refractivity contribution in [2.45, 2.75) is 65.3 Å². The Morgan fingerprint density at radius 1 is 1.20 bits per heavy atom. The van der Waals surface area contributed by atoms with Crippen LogP contribution in [0.15, 0.2) is 0 Å². The fourth-order valence-electron chi connectivity index (χ4n) is 3.52. The standard InChI is InChI=1S/C14H27N/c1-11-6-7-12(9-11)10-15-13-5-4-8-14(13,2)3/h11-13,15H,4-10H2,1-3H3. The molecule has 2 saturated carbocycles. The Kier molecular flexibility index (Phi) is 3.39. The van der Waals surface area contributed by atoms with Crippen LogP contribution < -0.4 is 5.32 Å². The zero-order valence-corrected chi connectivity index (χ0v) is 10.7. The molecule has 15 heavy (non-hydrogen) atoms. The monoisotopic (exact) mass is 209 g/mol. The van der Waals surface area contributed by atoms with Crippen LogP contribution in [0.5, 0.6) is 0 Å². The summed E-state index contributed by atoms with van der Waals surface area (Å²) < 4.78 is 0. The quantitative estimate of drug-likeness (QED) is 0.749. The Hall–Kier alpha value is -0.0400. The van der Waals surface area contributed by atoms with Crippen LogP contribution in [0.2, 0.25) is 0 Å². The minimum atomic E-state index is 0.546. The normalized spacial score (nSPS) is 39.8. The summed E-state index contributed by atoms with van der Waals surface area (Å²) in [7, 11) is 0. The molecule has 0 saturated heterocycles. The molecule has 2 fully saturated rings. The molecule has 2 rings (SSSR count). The minimum absolute atomic E-state index is 0.546. The first-order valence-electron chi connectivity index (χ1n) is 6.81. The maximum absolute atomic E-state index is 3.83. The summed E-state index contributed by atoms with van der Waals surface area (Å²) in [6, 6.07) is 0.786. The van der Waals surface area contributed by atoms with Crippen LogP contribution in [0.3, 0.4) is 0 Å². The maximum Gasteiger partial charge on any atom is 0.0118 e. The van der Waals surface area contributed by atoms with Crippen molar-refractivity contribution < 1.29 is 0 Å². The molecule has 0 amide bonds. The van der Waals surface area contributed by atoms with Crippen LogP contribution in [-0.2, 0) is 0 Å². The molecular weight excluding hydrogens is 182 g/mol. The van der Waals surface area contributed by atoms with Gasteiger partial charge in [0.2, 0.25) is 0 Å². The van der Waals surface area contributed by atoms with Gasteiger partial charge in [0.1, 0.15) is 0 Å². The van der Waals surface area contributed by atoms with Crippen molar-refractivity contribution in [1.82, 2.24) is 5.32 Å². The van der Waals surface area contributed by atoms with Crippen molar-refractivity contribution in [2.24, 2.45) is 17.3 Å². The number of hydrogen-bond donors (Lipinski definition) is 1. The van der Waals surface area contributed by atoms with Gasteiger partial charge in [-0.25, -0.2) is 0 Å². The van der Waals surface area contributed by atoms with E-state index in [1.165, 1.54) is 45.1 Å². The third-order valence-electron chi connectivity index (χ3n) is 4.71. The van der Waals surface area contributed by atoms with Gasteiger partial charge < -0.3 is 5.32 Å². The molecule has 0 spiro atoms. The zero-order chi connectivity index (χ0) is 10.9. The highest BCUT2D eigenvalue weighted by Gasteiger charge is 2.34. The second-order valence-corrected chi connectivity index (χ2v) is 6.63. The molecular formula is C14H27N. The van der Waals surface area contributed by atoms with Gasteiger partial charge in [0.15, 0.2) is 0 Å². The maximum atomic E-state index is 3.83. The van der Waals surface area contributed by atoms with E-state index in [-0.39, 0.29) is 0 Å². The van der Waals surface area contributed by atoms with E-state index in [1.807, 2.05) is 0 Å². The van der Waals surface area contributed by atoms with E-state index in [9.17, 15) is 0 Å². The van der Waals surface area contributed by atoms with E-state index >= 15 is 0 Å². The van der Waals surface area contributed by atoms with Gasteiger partial charge in [-0.05, 0) is 49.5 Å². The molecule has 1 heteroatoms. The summed E-state index contributed by atoms with van der Waals surface area (Å²) in [5.41, 5.74) is 0.546. The van der Waals surface area contributed by atoms with Crippen molar-refractivity contribution in [2.75, 3.05) is 6.54 Å². The smallest absolute Gasteiger partial charge is 0.0118 e. The van der Waals surface area contributed by atoms with Crippen LogP contribution in [0.25, 0.3) is 0 Å². The van der Waals surface area contributed by atoms with Crippen LogP contribution in [0, 0.1) is 17.3 Å². The summed E-state index contributed by atoms with van der Waals surface area (Å²) in [4.78, 5) is 0. The van der Waals surface area contributed by atoms with Crippen molar-refractivity contribution in [3.63, 3.8) is 0 Å². The molecule has 3 atom stereocenters. The molecule has 0 heterocycles. The molecule has 0 aliphatic heterocycles. The first-order chi connectivity index (χ1) is 7.08. The van der Waals surface area contributed by atoms with E-state index in [0.717, 1.165) is 17.9 Å². The lowest BCUT2D eigenvalue weighted by Crippen LogP contribution is -2.39. The Balaban J connectivity index is 1.74.